The molecule has 4 nitrogen and oxygen atoms in total. The van der Waals surface area contributed by atoms with Gasteiger partial charge in [0.05, 0.1) is 6.33 Å². The first-order valence-corrected chi connectivity index (χ1v) is 8.92. The van der Waals surface area contributed by atoms with E-state index in [1.54, 1.807) is 6.33 Å². The molecule has 1 aromatic carbocycles. The summed E-state index contributed by atoms with van der Waals surface area (Å²) >= 11 is 6.05. The Kier molecular flexibility index (Phi) is 6.20. The third kappa shape index (κ3) is 5.15. The molecule has 0 spiro atoms. The van der Waals surface area contributed by atoms with E-state index in [0.29, 0.717) is 0 Å². The van der Waals surface area contributed by atoms with Gasteiger partial charge in [-0.15, -0.1) is 0 Å². The number of likely N-dealkylation sites (N-methyl/N-ethyl adjacent to an activating group) is 1. The number of imidazole rings is 1. The van der Waals surface area contributed by atoms with E-state index in [9.17, 15) is 0 Å². The molecule has 0 aliphatic heterocycles. The van der Waals surface area contributed by atoms with Crippen LogP contribution >= 0.6 is 11.6 Å². The fraction of sp³-hybridized carbons (Fsp3) is 0.300. The van der Waals surface area contributed by atoms with E-state index in [4.69, 9.17) is 11.6 Å². The Balaban J connectivity index is 1.64. The molecule has 0 saturated heterocycles. The Bertz CT molecular complexity index is 741. The van der Waals surface area contributed by atoms with Crippen LogP contribution in [0.2, 0.25) is 5.02 Å². The van der Waals surface area contributed by atoms with Crippen LogP contribution in [-0.4, -0.2) is 40.0 Å². The zero-order valence-corrected chi connectivity index (χ0v) is 15.2. The molecule has 1 unspecified atom stereocenters. The predicted molar refractivity (Wildman–Crippen MR) is 102 cm³/mol. The van der Waals surface area contributed by atoms with E-state index in [-0.39, 0.29) is 5.92 Å². The first-order valence-electron chi connectivity index (χ1n) is 8.54. The van der Waals surface area contributed by atoms with Crippen LogP contribution in [0.1, 0.15) is 29.3 Å². The highest BCUT2D eigenvalue weighted by Crippen LogP contribution is 2.27. The number of pyridine rings is 1. The minimum atomic E-state index is 0.271. The van der Waals surface area contributed by atoms with E-state index >= 15 is 0 Å². The molecule has 25 heavy (non-hydrogen) atoms. The van der Waals surface area contributed by atoms with Crippen LogP contribution in [0.4, 0.5) is 0 Å². The third-order valence-electron chi connectivity index (χ3n) is 4.43. The van der Waals surface area contributed by atoms with Crippen LogP contribution in [0.3, 0.4) is 0 Å². The summed E-state index contributed by atoms with van der Waals surface area (Å²) < 4.78 is 0. The molecule has 3 aromatic rings. The van der Waals surface area contributed by atoms with E-state index < -0.39 is 0 Å². The summed E-state index contributed by atoms with van der Waals surface area (Å²) in [4.78, 5) is 14.2. The number of H-pyrrole nitrogens is 1. The van der Waals surface area contributed by atoms with Crippen molar-refractivity contribution in [2.45, 2.75) is 18.8 Å². The van der Waals surface area contributed by atoms with Crippen LogP contribution < -0.4 is 0 Å². The molecule has 0 aliphatic carbocycles. The second-order valence-corrected chi connectivity index (χ2v) is 6.71. The average molecular weight is 355 g/mol. The maximum atomic E-state index is 6.05. The number of hydrogen-bond acceptors (Lipinski definition) is 3. The zero-order chi connectivity index (χ0) is 17.5. The SMILES string of the molecule is CN(CCc1cnc[nH]1)CCC(c1ccc(Cl)cc1)c1ccccn1. The summed E-state index contributed by atoms with van der Waals surface area (Å²) in [6, 6.07) is 14.2. The largest absolute Gasteiger partial charge is 0.348 e. The first-order chi connectivity index (χ1) is 12.2. The van der Waals surface area contributed by atoms with Gasteiger partial charge in [0.15, 0.2) is 0 Å². The quantitative estimate of drug-likeness (QED) is 0.660. The number of aromatic amines is 1. The molecule has 5 heteroatoms. The van der Waals surface area contributed by atoms with Crippen molar-refractivity contribution < 1.29 is 0 Å². The summed E-state index contributed by atoms with van der Waals surface area (Å²) in [7, 11) is 2.16. The normalized spacial score (nSPS) is 12.4. The van der Waals surface area contributed by atoms with E-state index in [2.05, 4.69) is 45.1 Å². The molecule has 2 aromatic heterocycles. The number of nitrogens with one attached hydrogen (secondary N) is 1. The summed E-state index contributed by atoms with van der Waals surface area (Å²) in [5.74, 6) is 0.271. The number of aromatic nitrogens is 3. The summed E-state index contributed by atoms with van der Waals surface area (Å²) in [6.07, 6.45) is 7.47. The number of hydrogen-bond donors (Lipinski definition) is 1. The molecule has 0 amide bonds. The number of halogens is 1. The monoisotopic (exact) mass is 354 g/mol. The Morgan fingerprint density at radius 2 is 1.96 bits per heavy atom. The van der Waals surface area contributed by atoms with Crippen molar-refractivity contribution >= 4 is 11.6 Å². The highest BCUT2D eigenvalue weighted by atomic mass is 35.5. The van der Waals surface area contributed by atoms with Crippen LogP contribution in [0, 0.1) is 0 Å². The topological polar surface area (TPSA) is 44.8 Å². The van der Waals surface area contributed by atoms with E-state index in [1.165, 1.54) is 11.3 Å². The first kappa shape index (κ1) is 17.6. The van der Waals surface area contributed by atoms with Gasteiger partial charge in [-0.1, -0.05) is 29.8 Å². The van der Waals surface area contributed by atoms with E-state index in [0.717, 1.165) is 36.6 Å². The molecule has 1 atom stereocenters. The molecular formula is C20H23ClN4. The van der Waals surface area contributed by atoms with Gasteiger partial charge in [-0.3, -0.25) is 4.98 Å². The lowest BCUT2D eigenvalue weighted by Crippen LogP contribution is -2.24. The van der Waals surface area contributed by atoms with Gasteiger partial charge in [0.1, 0.15) is 0 Å². The van der Waals surface area contributed by atoms with Crippen molar-refractivity contribution in [3.8, 4) is 0 Å². The van der Waals surface area contributed by atoms with Gasteiger partial charge >= 0.3 is 0 Å². The van der Waals surface area contributed by atoms with Crippen molar-refractivity contribution in [2.75, 3.05) is 20.1 Å². The molecule has 0 radical (unpaired) electrons. The van der Waals surface area contributed by atoms with Gasteiger partial charge in [-0.2, -0.15) is 0 Å². The lowest BCUT2D eigenvalue weighted by molar-refractivity contribution is 0.325. The highest BCUT2D eigenvalue weighted by molar-refractivity contribution is 6.30. The maximum Gasteiger partial charge on any atom is 0.0921 e. The fourth-order valence-corrected chi connectivity index (χ4v) is 3.08. The number of rotatable bonds is 8. The molecule has 0 aliphatic rings. The Hall–Kier alpha value is -2.17. The van der Waals surface area contributed by atoms with Crippen molar-refractivity contribution in [2.24, 2.45) is 0 Å². The van der Waals surface area contributed by atoms with Crippen LogP contribution in [0.25, 0.3) is 0 Å². The zero-order valence-electron chi connectivity index (χ0n) is 14.4. The van der Waals surface area contributed by atoms with Crippen LogP contribution in [-0.2, 0) is 6.42 Å². The van der Waals surface area contributed by atoms with Gasteiger partial charge in [0, 0.05) is 47.7 Å². The lowest BCUT2D eigenvalue weighted by atomic mass is 9.92. The van der Waals surface area contributed by atoms with Gasteiger partial charge in [0.2, 0.25) is 0 Å². The number of benzene rings is 1. The smallest absolute Gasteiger partial charge is 0.0921 e. The fourth-order valence-electron chi connectivity index (χ4n) is 2.96. The minimum Gasteiger partial charge on any atom is -0.348 e. The Morgan fingerprint density at radius 3 is 2.64 bits per heavy atom. The second kappa shape index (κ2) is 8.79. The maximum absolute atomic E-state index is 6.05. The van der Waals surface area contributed by atoms with Crippen molar-refractivity contribution in [1.29, 1.82) is 0 Å². The van der Waals surface area contributed by atoms with Gasteiger partial charge in [-0.05, 0) is 49.8 Å². The summed E-state index contributed by atoms with van der Waals surface area (Å²) in [6.45, 7) is 2.00. The summed E-state index contributed by atoms with van der Waals surface area (Å²) in [5, 5.41) is 0.764. The molecule has 0 fully saturated rings. The molecule has 0 saturated carbocycles. The molecule has 0 bridgehead atoms. The van der Waals surface area contributed by atoms with Crippen LogP contribution in [0.5, 0.6) is 0 Å². The molecule has 130 valence electrons. The van der Waals surface area contributed by atoms with Crippen molar-refractivity contribution in [1.82, 2.24) is 19.9 Å². The molecular weight excluding hydrogens is 332 g/mol. The molecule has 1 N–H and O–H groups in total. The molecule has 2 heterocycles. The van der Waals surface area contributed by atoms with Gasteiger partial charge in [-0.25, -0.2) is 4.98 Å². The van der Waals surface area contributed by atoms with E-state index in [1.807, 2.05) is 36.7 Å². The number of nitrogens with zero attached hydrogens (tertiary/aromatic N) is 3. The Morgan fingerprint density at radius 1 is 1.12 bits per heavy atom. The minimum absolute atomic E-state index is 0.271. The average Bonchev–Trinajstić information content (AvgIpc) is 3.16. The van der Waals surface area contributed by atoms with Gasteiger partial charge in [0.25, 0.3) is 0 Å². The predicted octanol–water partition coefficient (Wildman–Crippen LogP) is 4.15. The highest BCUT2D eigenvalue weighted by Gasteiger charge is 2.16. The third-order valence-corrected chi connectivity index (χ3v) is 4.69. The van der Waals surface area contributed by atoms with Gasteiger partial charge < -0.3 is 9.88 Å². The molecule has 3 rings (SSSR count). The second-order valence-electron chi connectivity index (χ2n) is 6.28. The summed E-state index contributed by atoms with van der Waals surface area (Å²) in [5.41, 5.74) is 3.53. The van der Waals surface area contributed by atoms with Crippen molar-refractivity contribution in [3.05, 3.63) is 83.2 Å². The standard InChI is InChI=1S/C20H23ClN4/c1-25(12-9-18-14-22-15-24-18)13-10-19(20-4-2-3-11-23-20)16-5-7-17(21)8-6-16/h2-8,11,14-15,19H,9-10,12-13H2,1H3,(H,22,24). The Labute approximate surface area is 153 Å². The van der Waals surface area contributed by atoms with Crippen LogP contribution in [0.15, 0.2) is 61.2 Å². The lowest BCUT2D eigenvalue weighted by Gasteiger charge is -2.22. The van der Waals surface area contributed by atoms with Crippen molar-refractivity contribution in [3.63, 3.8) is 0 Å².